The summed E-state index contributed by atoms with van der Waals surface area (Å²) in [5.41, 5.74) is 1.02. The van der Waals surface area contributed by atoms with Crippen molar-refractivity contribution in [2.75, 3.05) is 13.7 Å². The normalized spacial score (nSPS) is 10.4. The van der Waals surface area contributed by atoms with E-state index in [0.717, 1.165) is 17.1 Å². The van der Waals surface area contributed by atoms with Crippen molar-refractivity contribution in [3.63, 3.8) is 0 Å². The Labute approximate surface area is 159 Å². The fourth-order valence-corrected chi connectivity index (χ4v) is 2.63. The van der Waals surface area contributed by atoms with Gasteiger partial charge in [-0.3, -0.25) is 4.79 Å². The van der Waals surface area contributed by atoms with Gasteiger partial charge in [-0.05, 0) is 48.9 Å². The number of ether oxygens (including phenoxy) is 2. The Kier molecular flexibility index (Phi) is 6.15. The van der Waals surface area contributed by atoms with Crippen LogP contribution < -0.4 is 9.47 Å². The van der Waals surface area contributed by atoms with Gasteiger partial charge in [0.25, 0.3) is 5.91 Å². The van der Waals surface area contributed by atoms with Crippen molar-refractivity contribution in [3.05, 3.63) is 83.8 Å². The first-order valence-electron chi connectivity index (χ1n) is 8.89. The summed E-state index contributed by atoms with van der Waals surface area (Å²) in [6.45, 7) is 3.34. The minimum absolute atomic E-state index is 0.171. The second-order valence-electron chi connectivity index (χ2n) is 6.11. The van der Waals surface area contributed by atoms with Gasteiger partial charge < -0.3 is 18.8 Å². The Morgan fingerprint density at radius 2 is 1.63 bits per heavy atom. The van der Waals surface area contributed by atoms with Gasteiger partial charge in [0, 0.05) is 13.6 Å². The highest BCUT2D eigenvalue weighted by molar-refractivity contribution is 5.91. The lowest BCUT2D eigenvalue weighted by atomic mass is 10.2. The molecule has 2 aromatic carbocycles. The summed E-state index contributed by atoms with van der Waals surface area (Å²) in [7, 11) is 1.75. The Morgan fingerprint density at radius 3 is 2.33 bits per heavy atom. The summed E-state index contributed by atoms with van der Waals surface area (Å²) in [6, 6.07) is 20.7. The Bertz CT molecular complexity index is 856. The van der Waals surface area contributed by atoms with Gasteiger partial charge in [0.1, 0.15) is 23.9 Å². The molecule has 0 radical (unpaired) electrons. The minimum Gasteiger partial charge on any atom is -0.494 e. The quantitative estimate of drug-likeness (QED) is 0.588. The molecule has 0 aliphatic rings. The summed E-state index contributed by atoms with van der Waals surface area (Å²) < 4.78 is 16.7. The summed E-state index contributed by atoms with van der Waals surface area (Å²) >= 11 is 0. The van der Waals surface area contributed by atoms with Crippen molar-refractivity contribution in [2.45, 2.75) is 20.1 Å². The number of hydrogen-bond acceptors (Lipinski definition) is 4. The van der Waals surface area contributed by atoms with E-state index < -0.39 is 0 Å². The molecule has 27 heavy (non-hydrogen) atoms. The molecule has 0 spiro atoms. The first kappa shape index (κ1) is 18.6. The third kappa shape index (κ3) is 5.14. The highest BCUT2D eigenvalue weighted by atomic mass is 16.5. The molecule has 1 amide bonds. The lowest BCUT2D eigenvalue weighted by molar-refractivity contribution is 0.0749. The molecule has 0 fully saturated rings. The molecule has 0 aliphatic carbocycles. The molecule has 140 valence electrons. The number of para-hydroxylation sites is 1. The van der Waals surface area contributed by atoms with Crippen LogP contribution in [0.25, 0.3) is 0 Å². The minimum atomic E-state index is -0.171. The average Bonchev–Trinajstić information content (AvgIpc) is 3.17. The summed E-state index contributed by atoms with van der Waals surface area (Å²) in [6.07, 6.45) is 0. The van der Waals surface area contributed by atoms with Gasteiger partial charge >= 0.3 is 0 Å². The first-order valence-corrected chi connectivity index (χ1v) is 8.89. The van der Waals surface area contributed by atoms with Crippen LogP contribution in [-0.2, 0) is 13.2 Å². The van der Waals surface area contributed by atoms with E-state index in [2.05, 4.69) is 0 Å². The number of carbonyl (C=O) groups excluding carboxylic acids is 1. The first-order chi connectivity index (χ1) is 13.2. The van der Waals surface area contributed by atoms with E-state index in [1.54, 1.807) is 24.1 Å². The third-order valence-corrected chi connectivity index (χ3v) is 4.00. The Balaban J connectivity index is 1.56. The van der Waals surface area contributed by atoms with Crippen LogP contribution in [0, 0.1) is 0 Å². The Hall–Kier alpha value is -3.21. The van der Waals surface area contributed by atoms with Gasteiger partial charge in [0.15, 0.2) is 5.76 Å². The van der Waals surface area contributed by atoms with E-state index in [9.17, 15) is 4.79 Å². The fourth-order valence-electron chi connectivity index (χ4n) is 2.63. The fraction of sp³-hybridized carbons (Fsp3) is 0.227. The van der Waals surface area contributed by atoms with Gasteiger partial charge in [-0.1, -0.05) is 30.3 Å². The monoisotopic (exact) mass is 365 g/mol. The molecule has 5 heteroatoms. The number of benzene rings is 2. The number of rotatable bonds is 8. The standard InChI is InChI=1S/C22H23NO4/c1-3-25-19-11-9-17(10-12-19)15-23(2)22(24)21-14-13-20(27-21)16-26-18-7-5-4-6-8-18/h4-14H,3,15-16H2,1-2H3. The van der Waals surface area contributed by atoms with Crippen molar-refractivity contribution in [3.8, 4) is 11.5 Å². The smallest absolute Gasteiger partial charge is 0.289 e. The average molecular weight is 365 g/mol. The van der Waals surface area contributed by atoms with E-state index in [-0.39, 0.29) is 12.5 Å². The van der Waals surface area contributed by atoms with Gasteiger partial charge in [-0.15, -0.1) is 0 Å². The van der Waals surface area contributed by atoms with Crippen LogP contribution in [0.3, 0.4) is 0 Å². The van der Waals surface area contributed by atoms with Crippen LogP contribution in [0.1, 0.15) is 28.8 Å². The Morgan fingerprint density at radius 1 is 0.926 bits per heavy atom. The van der Waals surface area contributed by atoms with Crippen molar-refractivity contribution in [1.82, 2.24) is 4.90 Å². The zero-order valence-corrected chi connectivity index (χ0v) is 15.6. The topological polar surface area (TPSA) is 51.9 Å². The largest absolute Gasteiger partial charge is 0.494 e. The summed E-state index contributed by atoms with van der Waals surface area (Å²) in [5, 5.41) is 0. The molecule has 3 aromatic rings. The molecule has 0 bridgehead atoms. The lowest BCUT2D eigenvalue weighted by Gasteiger charge is -2.16. The summed E-state index contributed by atoms with van der Waals surface area (Å²) in [5.74, 6) is 2.32. The second kappa shape index (κ2) is 8.94. The number of hydrogen-bond donors (Lipinski definition) is 0. The molecule has 5 nitrogen and oxygen atoms in total. The molecule has 0 aliphatic heterocycles. The van der Waals surface area contributed by atoms with E-state index in [4.69, 9.17) is 13.9 Å². The molecular formula is C22H23NO4. The maximum atomic E-state index is 12.6. The predicted octanol–water partition coefficient (Wildman–Crippen LogP) is 4.53. The van der Waals surface area contributed by atoms with Crippen LogP contribution in [0.5, 0.6) is 11.5 Å². The molecule has 0 atom stereocenters. The molecule has 1 heterocycles. The van der Waals surface area contributed by atoms with Crippen LogP contribution in [-0.4, -0.2) is 24.5 Å². The van der Waals surface area contributed by atoms with Gasteiger partial charge in [0.05, 0.1) is 6.61 Å². The van der Waals surface area contributed by atoms with Crippen molar-refractivity contribution >= 4 is 5.91 Å². The highest BCUT2D eigenvalue weighted by Gasteiger charge is 2.16. The zero-order chi connectivity index (χ0) is 19.1. The maximum absolute atomic E-state index is 12.6. The number of amides is 1. The van der Waals surface area contributed by atoms with Gasteiger partial charge in [0.2, 0.25) is 0 Å². The molecule has 0 N–H and O–H groups in total. The molecule has 0 saturated heterocycles. The molecule has 3 rings (SSSR count). The number of furan rings is 1. The van der Waals surface area contributed by atoms with Crippen molar-refractivity contribution < 1.29 is 18.7 Å². The third-order valence-electron chi connectivity index (χ3n) is 4.00. The summed E-state index contributed by atoms with van der Waals surface area (Å²) in [4.78, 5) is 14.2. The molecule has 0 unspecified atom stereocenters. The van der Waals surface area contributed by atoms with Crippen molar-refractivity contribution in [1.29, 1.82) is 0 Å². The van der Waals surface area contributed by atoms with E-state index >= 15 is 0 Å². The van der Waals surface area contributed by atoms with E-state index in [1.807, 2.05) is 61.5 Å². The van der Waals surface area contributed by atoms with E-state index in [1.165, 1.54) is 0 Å². The SMILES string of the molecule is CCOc1ccc(CN(C)C(=O)c2ccc(COc3ccccc3)o2)cc1. The zero-order valence-electron chi connectivity index (χ0n) is 15.6. The van der Waals surface area contributed by atoms with Gasteiger partial charge in [-0.2, -0.15) is 0 Å². The highest BCUT2D eigenvalue weighted by Crippen LogP contribution is 2.17. The maximum Gasteiger partial charge on any atom is 0.289 e. The van der Waals surface area contributed by atoms with Crippen molar-refractivity contribution in [2.24, 2.45) is 0 Å². The number of nitrogens with zero attached hydrogens (tertiary/aromatic N) is 1. The van der Waals surface area contributed by atoms with Crippen LogP contribution in [0.4, 0.5) is 0 Å². The number of carbonyl (C=O) groups is 1. The van der Waals surface area contributed by atoms with Crippen LogP contribution >= 0.6 is 0 Å². The van der Waals surface area contributed by atoms with E-state index in [0.29, 0.717) is 24.7 Å². The predicted molar refractivity (Wildman–Crippen MR) is 103 cm³/mol. The second-order valence-corrected chi connectivity index (χ2v) is 6.11. The van der Waals surface area contributed by atoms with Crippen LogP contribution in [0.15, 0.2) is 71.1 Å². The molecular weight excluding hydrogens is 342 g/mol. The van der Waals surface area contributed by atoms with Gasteiger partial charge in [-0.25, -0.2) is 0 Å². The van der Waals surface area contributed by atoms with Crippen LogP contribution in [0.2, 0.25) is 0 Å². The molecule has 0 saturated carbocycles. The molecule has 1 aromatic heterocycles. The lowest BCUT2D eigenvalue weighted by Crippen LogP contribution is -2.25.